The molecule has 10 nitrogen and oxygen atoms in total. The number of hydrogen-bond acceptors (Lipinski definition) is 9. The third kappa shape index (κ3) is 7.99. The third-order valence-electron chi connectivity index (χ3n) is 6.09. The SMILES string of the molecule is COc1ccc(C[C@@H]2[C@H](OC(=O)C3CC(O)C3)[C@@H](OC(=O)OC(C)(C)C)CN2C(=O)OC(C)(C)C)cc1. The predicted octanol–water partition coefficient (Wildman–Crippen LogP) is 3.86. The second kappa shape index (κ2) is 11.2. The highest BCUT2D eigenvalue weighted by atomic mass is 16.7. The molecule has 1 saturated carbocycles. The topological polar surface area (TPSA) is 121 Å². The number of nitrogens with zero attached hydrogens (tertiary/aromatic N) is 1. The van der Waals surface area contributed by atoms with E-state index in [9.17, 15) is 19.5 Å². The van der Waals surface area contributed by atoms with Crippen LogP contribution in [0.2, 0.25) is 0 Å². The van der Waals surface area contributed by atoms with E-state index in [1.807, 2.05) is 12.1 Å². The van der Waals surface area contributed by atoms with Crippen LogP contribution in [-0.4, -0.2) is 77.4 Å². The molecule has 1 aromatic rings. The van der Waals surface area contributed by atoms with E-state index in [4.69, 9.17) is 23.7 Å². The number of esters is 1. The quantitative estimate of drug-likeness (QED) is 0.439. The number of carbonyl (C=O) groups excluding carboxylic acids is 3. The van der Waals surface area contributed by atoms with Crippen LogP contribution in [0.4, 0.5) is 9.59 Å². The molecule has 0 aromatic heterocycles. The van der Waals surface area contributed by atoms with Crippen LogP contribution >= 0.6 is 0 Å². The Morgan fingerprint density at radius 2 is 1.54 bits per heavy atom. The van der Waals surface area contributed by atoms with Crippen molar-refractivity contribution in [2.75, 3.05) is 13.7 Å². The van der Waals surface area contributed by atoms with Crippen molar-refractivity contribution >= 4 is 18.2 Å². The summed E-state index contributed by atoms with van der Waals surface area (Å²) >= 11 is 0. The number of rotatable bonds is 6. The van der Waals surface area contributed by atoms with E-state index < -0.39 is 59.7 Å². The monoisotopic (exact) mass is 521 g/mol. The maximum absolute atomic E-state index is 13.2. The van der Waals surface area contributed by atoms with Crippen LogP contribution in [0.1, 0.15) is 59.9 Å². The predicted molar refractivity (Wildman–Crippen MR) is 133 cm³/mol. The van der Waals surface area contributed by atoms with Gasteiger partial charge < -0.3 is 28.8 Å². The zero-order chi connectivity index (χ0) is 27.5. The lowest BCUT2D eigenvalue weighted by molar-refractivity contribution is -0.167. The number of likely N-dealkylation sites (tertiary alicyclic amines) is 1. The first-order valence-corrected chi connectivity index (χ1v) is 12.6. The molecule has 206 valence electrons. The molecule has 0 spiro atoms. The maximum atomic E-state index is 13.2. The van der Waals surface area contributed by atoms with Crippen LogP contribution in [0.5, 0.6) is 5.75 Å². The van der Waals surface area contributed by atoms with E-state index in [0.29, 0.717) is 25.0 Å². The highest BCUT2D eigenvalue weighted by molar-refractivity contribution is 5.74. The smallest absolute Gasteiger partial charge is 0.497 e. The number of ether oxygens (including phenoxy) is 5. The molecular weight excluding hydrogens is 482 g/mol. The molecule has 1 amide bonds. The Morgan fingerprint density at radius 3 is 2.05 bits per heavy atom. The molecule has 0 bridgehead atoms. The van der Waals surface area contributed by atoms with Gasteiger partial charge >= 0.3 is 18.2 Å². The molecule has 1 heterocycles. The molecule has 2 aliphatic rings. The number of aliphatic hydroxyl groups is 1. The van der Waals surface area contributed by atoms with E-state index in [1.54, 1.807) is 60.8 Å². The molecule has 0 unspecified atom stereocenters. The summed E-state index contributed by atoms with van der Waals surface area (Å²) in [5, 5.41) is 9.65. The highest BCUT2D eigenvalue weighted by Gasteiger charge is 2.51. The van der Waals surface area contributed by atoms with Gasteiger partial charge in [0.2, 0.25) is 0 Å². The first-order valence-electron chi connectivity index (χ1n) is 12.6. The van der Waals surface area contributed by atoms with Gasteiger partial charge in [0, 0.05) is 0 Å². The largest absolute Gasteiger partial charge is 0.509 e. The van der Waals surface area contributed by atoms with Crippen molar-refractivity contribution < 1.29 is 43.2 Å². The molecule has 0 radical (unpaired) electrons. The first kappa shape index (κ1) is 28.6. The Hall–Kier alpha value is -3.01. The van der Waals surface area contributed by atoms with Crippen LogP contribution in [0.25, 0.3) is 0 Å². The van der Waals surface area contributed by atoms with Gasteiger partial charge in [-0.2, -0.15) is 0 Å². The molecule has 1 saturated heterocycles. The average molecular weight is 522 g/mol. The maximum Gasteiger partial charge on any atom is 0.509 e. The zero-order valence-electron chi connectivity index (χ0n) is 22.7. The van der Waals surface area contributed by atoms with Crippen molar-refractivity contribution in [1.82, 2.24) is 4.90 Å². The van der Waals surface area contributed by atoms with Gasteiger partial charge in [-0.05, 0) is 78.5 Å². The number of methoxy groups -OCH3 is 1. The van der Waals surface area contributed by atoms with Crippen LogP contribution in [-0.2, 0) is 30.2 Å². The summed E-state index contributed by atoms with van der Waals surface area (Å²) in [7, 11) is 1.57. The summed E-state index contributed by atoms with van der Waals surface area (Å²) < 4.78 is 27.7. The van der Waals surface area contributed by atoms with Crippen molar-refractivity contribution in [3.8, 4) is 5.75 Å². The summed E-state index contributed by atoms with van der Waals surface area (Å²) in [4.78, 5) is 40.2. The second-order valence-electron chi connectivity index (χ2n) is 11.6. The standard InChI is InChI=1S/C27H39NO9/c1-26(2,3)36-24(31)28-15-21(34-25(32)37-27(4,5)6)22(35-23(30)17-13-18(29)14-17)20(28)12-16-8-10-19(33-7)11-9-16/h8-11,17-18,20-22,29H,12-15H2,1-7H3/t17?,18?,20-,21+,22+/m1/s1. The Labute approximate surface area is 218 Å². The lowest BCUT2D eigenvalue weighted by atomic mass is 9.82. The fraction of sp³-hybridized carbons (Fsp3) is 0.667. The molecule has 1 N–H and O–H groups in total. The number of aliphatic hydroxyl groups excluding tert-OH is 1. The molecule has 37 heavy (non-hydrogen) atoms. The van der Waals surface area contributed by atoms with Crippen molar-refractivity contribution in [3.63, 3.8) is 0 Å². The number of hydrogen-bond donors (Lipinski definition) is 1. The zero-order valence-corrected chi connectivity index (χ0v) is 22.7. The molecule has 3 atom stereocenters. The van der Waals surface area contributed by atoms with Gasteiger partial charge in [0.1, 0.15) is 17.0 Å². The fourth-order valence-electron chi connectivity index (χ4n) is 4.29. The second-order valence-corrected chi connectivity index (χ2v) is 11.6. The van der Waals surface area contributed by atoms with E-state index in [2.05, 4.69) is 0 Å². The van der Waals surface area contributed by atoms with Gasteiger partial charge in [0.15, 0.2) is 12.2 Å². The Bertz CT molecular complexity index is 958. The molecule has 1 aromatic carbocycles. The minimum Gasteiger partial charge on any atom is -0.497 e. The summed E-state index contributed by atoms with van der Waals surface area (Å²) in [5.41, 5.74) is -0.699. The minimum absolute atomic E-state index is 0.0415. The van der Waals surface area contributed by atoms with Gasteiger partial charge in [-0.25, -0.2) is 9.59 Å². The molecule has 3 rings (SSSR count). The van der Waals surface area contributed by atoms with Gasteiger partial charge in [0.05, 0.1) is 31.7 Å². The van der Waals surface area contributed by atoms with Crippen molar-refractivity contribution in [3.05, 3.63) is 29.8 Å². The summed E-state index contributed by atoms with van der Waals surface area (Å²) in [6.45, 7) is 10.4. The average Bonchev–Trinajstić information content (AvgIpc) is 3.06. The van der Waals surface area contributed by atoms with E-state index in [1.165, 1.54) is 4.90 Å². The summed E-state index contributed by atoms with van der Waals surface area (Å²) in [6.07, 6.45) is -3.09. The lowest BCUT2D eigenvalue weighted by Gasteiger charge is -2.33. The van der Waals surface area contributed by atoms with Crippen LogP contribution in [0, 0.1) is 5.92 Å². The van der Waals surface area contributed by atoms with Crippen LogP contribution in [0.15, 0.2) is 24.3 Å². The van der Waals surface area contributed by atoms with Gasteiger partial charge in [-0.1, -0.05) is 12.1 Å². The summed E-state index contributed by atoms with van der Waals surface area (Å²) in [6, 6.07) is 6.63. The third-order valence-corrected chi connectivity index (χ3v) is 6.09. The Kier molecular flexibility index (Phi) is 8.62. The molecular formula is C27H39NO9. The molecule has 10 heteroatoms. The van der Waals surface area contributed by atoms with Crippen LogP contribution in [0.3, 0.4) is 0 Å². The first-order chi connectivity index (χ1) is 17.1. The van der Waals surface area contributed by atoms with Crippen LogP contribution < -0.4 is 4.74 Å². The fourth-order valence-corrected chi connectivity index (χ4v) is 4.29. The number of amides is 1. The Balaban J connectivity index is 1.91. The van der Waals surface area contributed by atoms with Gasteiger partial charge in [-0.3, -0.25) is 9.69 Å². The summed E-state index contributed by atoms with van der Waals surface area (Å²) in [5.74, 6) is -0.273. The number of benzene rings is 1. The normalized spacial score (nSPS) is 25.6. The molecule has 1 aliphatic carbocycles. The molecule has 1 aliphatic heterocycles. The molecule has 2 fully saturated rings. The van der Waals surface area contributed by atoms with Crippen molar-refractivity contribution in [1.29, 1.82) is 0 Å². The number of carbonyl (C=O) groups is 3. The Morgan fingerprint density at radius 1 is 0.946 bits per heavy atom. The van der Waals surface area contributed by atoms with Crippen molar-refractivity contribution in [2.45, 2.75) is 96.4 Å². The van der Waals surface area contributed by atoms with Gasteiger partial charge in [-0.15, -0.1) is 0 Å². The minimum atomic E-state index is -0.973. The van der Waals surface area contributed by atoms with E-state index in [-0.39, 0.29) is 6.54 Å². The van der Waals surface area contributed by atoms with E-state index >= 15 is 0 Å². The van der Waals surface area contributed by atoms with E-state index in [0.717, 1.165) is 5.56 Å². The van der Waals surface area contributed by atoms with Gasteiger partial charge in [0.25, 0.3) is 0 Å². The highest BCUT2D eigenvalue weighted by Crippen LogP contribution is 2.34. The van der Waals surface area contributed by atoms with Crippen molar-refractivity contribution in [2.24, 2.45) is 5.92 Å². The lowest BCUT2D eigenvalue weighted by Crippen LogP contribution is -2.47.